The van der Waals surface area contributed by atoms with Gasteiger partial charge in [-0.25, -0.2) is 0 Å². The van der Waals surface area contributed by atoms with Gasteiger partial charge in [0.25, 0.3) is 11.8 Å². The maximum Gasteiger partial charge on any atom is 0.265 e. The normalized spacial score (nSPS) is 11.4. The standard InChI is InChI=1S/C17H18N2O3/c1-12(22-15-6-4-3-5-7-15)16(20)19-14-10-8-13(9-11-14)17(21)18-2/h3-12H,1-2H3,(H,18,21)(H,19,20)/t12-/m0/s1. The van der Waals surface area contributed by atoms with Crippen LogP contribution in [0.5, 0.6) is 5.75 Å². The Morgan fingerprint density at radius 1 is 1.00 bits per heavy atom. The van der Waals surface area contributed by atoms with Crippen molar-refractivity contribution < 1.29 is 14.3 Å². The summed E-state index contributed by atoms with van der Waals surface area (Å²) in [5, 5.41) is 5.29. The second-order valence-corrected chi connectivity index (χ2v) is 4.72. The minimum atomic E-state index is -0.624. The van der Waals surface area contributed by atoms with E-state index in [0.717, 1.165) is 0 Å². The van der Waals surface area contributed by atoms with E-state index in [0.29, 0.717) is 17.0 Å². The predicted octanol–water partition coefficient (Wildman–Crippen LogP) is 2.45. The summed E-state index contributed by atoms with van der Waals surface area (Å²) in [5.41, 5.74) is 1.15. The third-order valence-corrected chi connectivity index (χ3v) is 3.07. The molecule has 0 spiro atoms. The van der Waals surface area contributed by atoms with Crippen LogP contribution in [-0.2, 0) is 4.79 Å². The van der Waals surface area contributed by atoms with Gasteiger partial charge in [-0.1, -0.05) is 18.2 Å². The van der Waals surface area contributed by atoms with E-state index in [2.05, 4.69) is 10.6 Å². The second kappa shape index (κ2) is 7.26. The summed E-state index contributed by atoms with van der Waals surface area (Å²) in [6, 6.07) is 15.8. The summed E-state index contributed by atoms with van der Waals surface area (Å²) in [5.74, 6) is 0.218. The zero-order chi connectivity index (χ0) is 15.9. The highest BCUT2D eigenvalue weighted by Crippen LogP contribution is 2.13. The minimum Gasteiger partial charge on any atom is -0.481 e. The fourth-order valence-electron chi connectivity index (χ4n) is 1.85. The smallest absolute Gasteiger partial charge is 0.265 e. The third kappa shape index (κ3) is 4.09. The molecule has 0 aliphatic rings. The lowest BCUT2D eigenvalue weighted by Crippen LogP contribution is -2.30. The zero-order valence-electron chi connectivity index (χ0n) is 12.5. The zero-order valence-corrected chi connectivity index (χ0v) is 12.5. The van der Waals surface area contributed by atoms with Gasteiger partial charge in [0.15, 0.2) is 6.10 Å². The number of hydrogen-bond donors (Lipinski definition) is 2. The number of amides is 2. The molecule has 0 aromatic heterocycles. The highest BCUT2D eigenvalue weighted by atomic mass is 16.5. The fourth-order valence-corrected chi connectivity index (χ4v) is 1.85. The molecular weight excluding hydrogens is 280 g/mol. The third-order valence-electron chi connectivity index (χ3n) is 3.07. The molecule has 0 unspecified atom stereocenters. The Labute approximate surface area is 129 Å². The van der Waals surface area contributed by atoms with Crippen LogP contribution in [0.15, 0.2) is 54.6 Å². The van der Waals surface area contributed by atoms with Crippen LogP contribution in [0, 0.1) is 0 Å². The molecule has 1 atom stereocenters. The SMILES string of the molecule is CNC(=O)c1ccc(NC(=O)[C@H](C)Oc2ccccc2)cc1. The molecule has 0 bridgehead atoms. The minimum absolute atomic E-state index is 0.168. The van der Waals surface area contributed by atoms with Crippen molar-refractivity contribution in [3.05, 3.63) is 60.2 Å². The molecular formula is C17H18N2O3. The van der Waals surface area contributed by atoms with Crippen LogP contribution in [0.2, 0.25) is 0 Å². The molecule has 2 rings (SSSR count). The van der Waals surface area contributed by atoms with Crippen LogP contribution in [0.4, 0.5) is 5.69 Å². The van der Waals surface area contributed by atoms with E-state index in [9.17, 15) is 9.59 Å². The number of para-hydroxylation sites is 1. The maximum absolute atomic E-state index is 12.1. The molecule has 0 heterocycles. The van der Waals surface area contributed by atoms with Crippen molar-refractivity contribution in [1.82, 2.24) is 5.32 Å². The van der Waals surface area contributed by atoms with Crippen LogP contribution in [0.1, 0.15) is 17.3 Å². The van der Waals surface area contributed by atoms with Crippen LogP contribution >= 0.6 is 0 Å². The van der Waals surface area contributed by atoms with Gasteiger partial charge >= 0.3 is 0 Å². The van der Waals surface area contributed by atoms with Gasteiger partial charge in [0.05, 0.1) is 0 Å². The monoisotopic (exact) mass is 298 g/mol. The quantitative estimate of drug-likeness (QED) is 0.891. The molecule has 0 fully saturated rings. The molecule has 0 radical (unpaired) electrons. The van der Waals surface area contributed by atoms with Gasteiger partial charge in [0, 0.05) is 18.3 Å². The Bertz CT molecular complexity index is 639. The van der Waals surface area contributed by atoms with Crippen LogP contribution in [0.3, 0.4) is 0 Å². The summed E-state index contributed by atoms with van der Waals surface area (Å²) in [4.78, 5) is 23.5. The Hall–Kier alpha value is -2.82. The predicted molar refractivity (Wildman–Crippen MR) is 85.0 cm³/mol. The van der Waals surface area contributed by atoms with Crippen molar-refractivity contribution in [2.45, 2.75) is 13.0 Å². The van der Waals surface area contributed by atoms with Crippen molar-refractivity contribution in [2.24, 2.45) is 0 Å². The summed E-state index contributed by atoms with van der Waals surface area (Å²) in [6.07, 6.45) is -0.624. The number of rotatable bonds is 5. The lowest BCUT2D eigenvalue weighted by atomic mass is 10.2. The summed E-state index contributed by atoms with van der Waals surface area (Å²) >= 11 is 0. The molecule has 2 N–H and O–H groups in total. The molecule has 5 heteroatoms. The first kappa shape index (κ1) is 15.6. The lowest BCUT2D eigenvalue weighted by molar-refractivity contribution is -0.122. The van der Waals surface area contributed by atoms with Crippen molar-refractivity contribution in [2.75, 3.05) is 12.4 Å². The molecule has 0 aliphatic heterocycles. The topological polar surface area (TPSA) is 67.4 Å². The first-order valence-electron chi connectivity index (χ1n) is 6.95. The molecule has 0 aliphatic carbocycles. The van der Waals surface area contributed by atoms with Crippen LogP contribution in [0.25, 0.3) is 0 Å². The molecule has 114 valence electrons. The van der Waals surface area contributed by atoms with Crippen LogP contribution < -0.4 is 15.4 Å². The number of benzene rings is 2. The first-order chi connectivity index (χ1) is 10.6. The van der Waals surface area contributed by atoms with E-state index in [1.807, 2.05) is 18.2 Å². The van der Waals surface area contributed by atoms with E-state index in [4.69, 9.17) is 4.74 Å². The average molecular weight is 298 g/mol. The summed E-state index contributed by atoms with van der Waals surface area (Å²) in [7, 11) is 1.57. The fraction of sp³-hybridized carbons (Fsp3) is 0.176. The molecule has 22 heavy (non-hydrogen) atoms. The van der Waals surface area contributed by atoms with Crippen molar-refractivity contribution in [1.29, 1.82) is 0 Å². The summed E-state index contributed by atoms with van der Waals surface area (Å²) < 4.78 is 5.55. The number of anilines is 1. The molecule has 2 amide bonds. The average Bonchev–Trinajstić information content (AvgIpc) is 2.55. The largest absolute Gasteiger partial charge is 0.481 e. The van der Waals surface area contributed by atoms with Gasteiger partial charge in [-0.3, -0.25) is 9.59 Å². The Morgan fingerprint density at radius 2 is 1.64 bits per heavy atom. The molecule has 5 nitrogen and oxygen atoms in total. The van der Waals surface area contributed by atoms with Gasteiger partial charge in [0.2, 0.25) is 0 Å². The number of carbonyl (C=O) groups excluding carboxylic acids is 2. The Kier molecular flexibility index (Phi) is 5.14. The van der Waals surface area contributed by atoms with Crippen molar-refractivity contribution >= 4 is 17.5 Å². The van der Waals surface area contributed by atoms with E-state index in [1.165, 1.54) is 0 Å². The second-order valence-electron chi connectivity index (χ2n) is 4.72. The van der Waals surface area contributed by atoms with Crippen LogP contribution in [-0.4, -0.2) is 25.0 Å². The number of hydrogen-bond acceptors (Lipinski definition) is 3. The van der Waals surface area contributed by atoms with E-state index < -0.39 is 6.10 Å². The molecule has 0 saturated heterocycles. The van der Waals surface area contributed by atoms with Gasteiger partial charge < -0.3 is 15.4 Å². The molecule has 2 aromatic rings. The van der Waals surface area contributed by atoms with Crippen molar-refractivity contribution in [3.8, 4) is 5.75 Å². The highest BCUT2D eigenvalue weighted by molar-refractivity contribution is 5.96. The Morgan fingerprint density at radius 3 is 2.23 bits per heavy atom. The summed E-state index contributed by atoms with van der Waals surface area (Å²) in [6.45, 7) is 1.68. The van der Waals surface area contributed by atoms with E-state index in [-0.39, 0.29) is 11.8 Å². The van der Waals surface area contributed by atoms with Crippen molar-refractivity contribution in [3.63, 3.8) is 0 Å². The van der Waals surface area contributed by atoms with E-state index >= 15 is 0 Å². The van der Waals surface area contributed by atoms with Gasteiger partial charge in [-0.05, 0) is 43.3 Å². The van der Waals surface area contributed by atoms with Gasteiger partial charge in [-0.15, -0.1) is 0 Å². The van der Waals surface area contributed by atoms with E-state index in [1.54, 1.807) is 50.4 Å². The number of ether oxygens (including phenoxy) is 1. The van der Waals surface area contributed by atoms with Gasteiger partial charge in [-0.2, -0.15) is 0 Å². The maximum atomic E-state index is 12.1. The highest BCUT2D eigenvalue weighted by Gasteiger charge is 2.15. The number of carbonyl (C=O) groups is 2. The molecule has 2 aromatic carbocycles. The first-order valence-corrected chi connectivity index (χ1v) is 6.95. The Balaban J connectivity index is 1.95. The lowest BCUT2D eigenvalue weighted by Gasteiger charge is -2.14. The van der Waals surface area contributed by atoms with Gasteiger partial charge in [0.1, 0.15) is 5.75 Å². The molecule has 0 saturated carbocycles. The number of nitrogens with one attached hydrogen (secondary N) is 2.